The number of hydrogen-bond acceptors (Lipinski definition) is 3. The maximum atomic E-state index is 11.0. The molecule has 0 aliphatic carbocycles. The van der Waals surface area contributed by atoms with Gasteiger partial charge in [0.05, 0.1) is 11.0 Å². The minimum Gasteiger partial charge on any atom is -0.156 e. The lowest BCUT2D eigenvalue weighted by molar-refractivity contribution is 0.241. The average Bonchev–Trinajstić information content (AvgIpc) is 2.93. The van der Waals surface area contributed by atoms with Crippen molar-refractivity contribution in [1.82, 2.24) is 5.12 Å². The maximum Gasteiger partial charge on any atom is 0.105 e. The van der Waals surface area contributed by atoms with Gasteiger partial charge in [0, 0.05) is 11.4 Å². The third kappa shape index (κ3) is 2.42. The molecule has 2 aromatic carbocycles. The molecular formula is C15H12ClN3O. The molecule has 5 heteroatoms. The summed E-state index contributed by atoms with van der Waals surface area (Å²) in [6.07, 6.45) is 0.650. The fraction of sp³-hybridized carbons (Fsp3) is 0.133. The maximum absolute atomic E-state index is 11.0. The topological polar surface area (TPSA) is 45.0 Å². The van der Waals surface area contributed by atoms with E-state index >= 15 is 0 Å². The molecule has 0 saturated heterocycles. The van der Waals surface area contributed by atoms with Crippen molar-refractivity contribution in [1.29, 1.82) is 0 Å². The predicted molar refractivity (Wildman–Crippen MR) is 79.4 cm³/mol. The van der Waals surface area contributed by atoms with Crippen LogP contribution in [0.1, 0.15) is 23.6 Å². The molecule has 0 spiro atoms. The number of rotatable bonds is 3. The molecule has 0 saturated carbocycles. The lowest BCUT2D eigenvalue weighted by Gasteiger charge is -2.14. The summed E-state index contributed by atoms with van der Waals surface area (Å²) in [7, 11) is 0. The van der Waals surface area contributed by atoms with Crippen molar-refractivity contribution in [2.24, 2.45) is 10.4 Å². The van der Waals surface area contributed by atoms with E-state index < -0.39 is 0 Å². The molecule has 0 fully saturated rings. The summed E-state index contributed by atoms with van der Waals surface area (Å²) in [5.74, 6) is 0. The van der Waals surface area contributed by atoms with E-state index in [-0.39, 0.29) is 6.04 Å². The molecule has 1 aliphatic rings. The van der Waals surface area contributed by atoms with Crippen LogP contribution in [0.15, 0.2) is 65.0 Å². The molecule has 4 nitrogen and oxygen atoms in total. The summed E-state index contributed by atoms with van der Waals surface area (Å²) in [5, 5.41) is 9.21. The molecule has 0 N–H and O–H groups in total. The fourth-order valence-corrected chi connectivity index (χ4v) is 2.44. The van der Waals surface area contributed by atoms with Crippen LogP contribution in [0.25, 0.3) is 0 Å². The zero-order valence-corrected chi connectivity index (χ0v) is 11.4. The van der Waals surface area contributed by atoms with Crippen LogP contribution in [0.5, 0.6) is 0 Å². The van der Waals surface area contributed by atoms with Crippen molar-refractivity contribution in [2.75, 3.05) is 0 Å². The second-order valence-electron chi connectivity index (χ2n) is 4.59. The van der Waals surface area contributed by atoms with Gasteiger partial charge >= 0.3 is 0 Å². The number of nitroso groups, excluding NO2 is 1. The minimum atomic E-state index is -0.139. The van der Waals surface area contributed by atoms with Gasteiger partial charge in [-0.1, -0.05) is 54.1 Å². The van der Waals surface area contributed by atoms with E-state index in [1.165, 1.54) is 5.12 Å². The van der Waals surface area contributed by atoms with Gasteiger partial charge in [-0.15, -0.1) is 10.0 Å². The molecule has 1 unspecified atom stereocenters. The van der Waals surface area contributed by atoms with Gasteiger partial charge in [-0.25, -0.2) is 0 Å². The summed E-state index contributed by atoms with van der Waals surface area (Å²) >= 11 is 5.88. The highest BCUT2D eigenvalue weighted by molar-refractivity contribution is 6.30. The Labute approximate surface area is 121 Å². The zero-order valence-electron chi connectivity index (χ0n) is 10.6. The van der Waals surface area contributed by atoms with Crippen LogP contribution < -0.4 is 0 Å². The lowest BCUT2D eigenvalue weighted by Crippen LogP contribution is -2.12. The van der Waals surface area contributed by atoms with E-state index in [1.54, 1.807) is 0 Å². The summed E-state index contributed by atoms with van der Waals surface area (Å²) in [6, 6.07) is 17.1. The van der Waals surface area contributed by atoms with Crippen LogP contribution in [0, 0.1) is 4.91 Å². The first-order valence-electron chi connectivity index (χ1n) is 6.29. The Balaban J connectivity index is 1.89. The van der Waals surface area contributed by atoms with E-state index in [4.69, 9.17) is 11.6 Å². The summed E-state index contributed by atoms with van der Waals surface area (Å²) in [4.78, 5) is 11.0. The van der Waals surface area contributed by atoms with Crippen molar-refractivity contribution >= 4 is 17.3 Å². The first kappa shape index (κ1) is 12.8. The summed E-state index contributed by atoms with van der Waals surface area (Å²) < 4.78 is 0. The Morgan fingerprint density at radius 3 is 2.45 bits per heavy atom. The monoisotopic (exact) mass is 285 g/mol. The van der Waals surface area contributed by atoms with Crippen molar-refractivity contribution in [3.63, 3.8) is 0 Å². The van der Waals surface area contributed by atoms with Crippen LogP contribution in [0.2, 0.25) is 5.02 Å². The molecule has 20 heavy (non-hydrogen) atoms. The molecule has 2 aromatic rings. The van der Waals surface area contributed by atoms with Crippen molar-refractivity contribution in [3.05, 3.63) is 75.7 Å². The van der Waals surface area contributed by atoms with E-state index in [0.717, 1.165) is 16.8 Å². The van der Waals surface area contributed by atoms with Crippen molar-refractivity contribution in [3.8, 4) is 0 Å². The molecule has 3 rings (SSSR count). The molecule has 0 bridgehead atoms. The summed E-state index contributed by atoms with van der Waals surface area (Å²) in [5.41, 5.74) is 2.83. The third-order valence-corrected chi connectivity index (χ3v) is 3.59. The van der Waals surface area contributed by atoms with E-state index in [9.17, 15) is 4.91 Å². The predicted octanol–water partition coefficient (Wildman–Crippen LogP) is 4.17. The van der Waals surface area contributed by atoms with Gasteiger partial charge in [-0.2, -0.15) is 5.10 Å². The number of hydrogen-bond donors (Lipinski definition) is 0. The molecule has 1 aliphatic heterocycles. The quantitative estimate of drug-likeness (QED) is 0.794. The van der Waals surface area contributed by atoms with E-state index in [2.05, 4.69) is 10.4 Å². The Hall–Kier alpha value is -2.20. The van der Waals surface area contributed by atoms with Crippen LogP contribution in [-0.2, 0) is 0 Å². The van der Waals surface area contributed by atoms with Gasteiger partial charge in [0.25, 0.3) is 0 Å². The van der Waals surface area contributed by atoms with Gasteiger partial charge < -0.3 is 0 Å². The number of halogens is 1. The smallest absolute Gasteiger partial charge is 0.105 e. The van der Waals surface area contributed by atoms with Crippen molar-refractivity contribution < 1.29 is 0 Å². The highest BCUT2D eigenvalue weighted by Gasteiger charge is 2.29. The second-order valence-corrected chi connectivity index (χ2v) is 5.02. The van der Waals surface area contributed by atoms with Gasteiger partial charge in [0.2, 0.25) is 0 Å². The van der Waals surface area contributed by atoms with Crippen LogP contribution in [0.4, 0.5) is 0 Å². The molecule has 0 radical (unpaired) electrons. The molecule has 100 valence electrons. The number of hydrazone groups is 1. The fourth-order valence-electron chi connectivity index (χ4n) is 2.32. The lowest BCUT2D eigenvalue weighted by atomic mass is 9.99. The Morgan fingerprint density at radius 1 is 1.10 bits per heavy atom. The average molecular weight is 286 g/mol. The molecule has 1 heterocycles. The van der Waals surface area contributed by atoms with Crippen LogP contribution >= 0.6 is 11.6 Å². The Bertz CT molecular complexity index is 640. The number of benzene rings is 2. The highest BCUT2D eigenvalue weighted by Crippen LogP contribution is 2.32. The van der Waals surface area contributed by atoms with Crippen molar-refractivity contribution in [2.45, 2.75) is 12.5 Å². The molecular weight excluding hydrogens is 274 g/mol. The minimum absolute atomic E-state index is 0.139. The molecule has 0 aromatic heterocycles. The number of nitrogens with zero attached hydrogens (tertiary/aromatic N) is 3. The molecule has 0 amide bonds. The largest absolute Gasteiger partial charge is 0.156 e. The Morgan fingerprint density at radius 2 is 1.80 bits per heavy atom. The SMILES string of the molecule is O=NN1N=C(c2ccc(Cl)cc2)CC1c1ccccc1. The highest BCUT2D eigenvalue weighted by atomic mass is 35.5. The first-order valence-corrected chi connectivity index (χ1v) is 6.66. The molecule has 1 atom stereocenters. The normalized spacial score (nSPS) is 17.9. The van der Waals surface area contributed by atoms with Gasteiger partial charge in [-0.05, 0) is 23.3 Å². The van der Waals surface area contributed by atoms with Gasteiger partial charge in [0.1, 0.15) is 6.04 Å². The van der Waals surface area contributed by atoms with Gasteiger partial charge in [-0.3, -0.25) is 0 Å². The van der Waals surface area contributed by atoms with Crippen LogP contribution in [-0.4, -0.2) is 10.8 Å². The third-order valence-electron chi connectivity index (χ3n) is 3.33. The van der Waals surface area contributed by atoms with E-state index in [1.807, 2.05) is 54.6 Å². The second kappa shape index (κ2) is 5.43. The standard InChI is InChI=1S/C15H12ClN3O/c16-13-8-6-11(7-9-13)14-10-15(19(17-14)18-20)12-4-2-1-3-5-12/h1-9,15H,10H2. The van der Waals surface area contributed by atoms with E-state index in [0.29, 0.717) is 11.4 Å². The zero-order chi connectivity index (χ0) is 13.9. The Kier molecular flexibility index (Phi) is 3.48. The first-order chi connectivity index (χ1) is 9.78. The van der Waals surface area contributed by atoms with Crippen LogP contribution in [0.3, 0.4) is 0 Å². The summed E-state index contributed by atoms with van der Waals surface area (Å²) in [6.45, 7) is 0. The van der Waals surface area contributed by atoms with Gasteiger partial charge in [0.15, 0.2) is 0 Å².